The van der Waals surface area contributed by atoms with Crippen molar-refractivity contribution in [1.29, 1.82) is 0 Å². The van der Waals surface area contributed by atoms with E-state index in [2.05, 4.69) is 0 Å². The molecule has 2 heterocycles. The zero-order chi connectivity index (χ0) is 14.4. The van der Waals surface area contributed by atoms with E-state index in [0.29, 0.717) is 6.42 Å². The molecule has 4 nitrogen and oxygen atoms in total. The minimum atomic E-state index is -0.0366. The third-order valence-corrected chi connectivity index (χ3v) is 4.77. The van der Waals surface area contributed by atoms with Gasteiger partial charge in [0, 0.05) is 25.4 Å². The molecule has 0 aromatic heterocycles. The standard InChI is InChI=1S/C15H16N2O2S/c1-9-8-12(18)17-10-6-4-5-7-11(10)20-15(17)13(9)14(19)16(2)3/h4-7,9H,8H2,1-3H3/t9-/m1/s1. The summed E-state index contributed by atoms with van der Waals surface area (Å²) in [6, 6.07) is 7.79. The van der Waals surface area contributed by atoms with Crippen LogP contribution in [-0.2, 0) is 9.59 Å². The molecule has 0 saturated carbocycles. The van der Waals surface area contributed by atoms with Crippen molar-refractivity contribution >= 4 is 29.3 Å². The van der Waals surface area contributed by atoms with E-state index in [4.69, 9.17) is 0 Å². The molecule has 0 bridgehead atoms. The van der Waals surface area contributed by atoms with Crippen molar-refractivity contribution in [1.82, 2.24) is 4.90 Å². The molecule has 5 heteroatoms. The van der Waals surface area contributed by atoms with Crippen LogP contribution in [0, 0.1) is 5.92 Å². The first-order chi connectivity index (χ1) is 9.50. The monoisotopic (exact) mass is 288 g/mol. The van der Waals surface area contributed by atoms with Crippen molar-refractivity contribution in [2.45, 2.75) is 18.2 Å². The molecule has 1 aromatic carbocycles. The van der Waals surface area contributed by atoms with Crippen LogP contribution in [0.1, 0.15) is 13.3 Å². The molecule has 0 unspecified atom stereocenters. The number of rotatable bonds is 1. The molecule has 0 fully saturated rings. The highest BCUT2D eigenvalue weighted by molar-refractivity contribution is 8.03. The molecular weight excluding hydrogens is 272 g/mol. The molecule has 0 aliphatic carbocycles. The van der Waals surface area contributed by atoms with Crippen LogP contribution >= 0.6 is 11.8 Å². The molecule has 3 rings (SSSR count). The Hall–Kier alpha value is -1.75. The van der Waals surface area contributed by atoms with Crippen molar-refractivity contribution in [2.24, 2.45) is 5.92 Å². The Bertz CT molecular complexity index is 637. The molecule has 1 aromatic rings. The van der Waals surface area contributed by atoms with Crippen molar-refractivity contribution < 1.29 is 9.59 Å². The molecule has 104 valence electrons. The topological polar surface area (TPSA) is 40.6 Å². The van der Waals surface area contributed by atoms with Crippen molar-refractivity contribution in [3.05, 3.63) is 34.9 Å². The number of carbonyl (C=O) groups is 2. The fraction of sp³-hybridized carbons (Fsp3) is 0.333. The Morgan fingerprint density at radius 1 is 1.35 bits per heavy atom. The highest BCUT2D eigenvalue weighted by atomic mass is 32.2. The first kappa shape index (κ1) is 13.2. The largest absolute Gasteiger partial charge is 0.345 e. The molecule has 0 saturated heterocycles. The quantitative estimate of drug-likeness (QED) is 0.797. The van der Waals surface area contributed by atoms with Crippen LogP contribution in [-0.4, -0.2) is 30.8 Å². The van der Waals surface area contributed by atoms with Gasteiger partial charge in [0.1, 0.15) is 0 Å². The maximum atomic E-state index is 12.4. The number of carbonyl (C=O) groups excluding carboxylic acids is 2. The highest BCUT2D eigenvalue weighted by Crippen LogP contribution is 2.50. The van der Waals surface area contributed by atoms with E-state index in [1.54, 1.807) is 23.9 Å². The lowest BCUT2D eigenvalue weighted by atomic mass is 9.93. The van der Waals surface area contributed by atoms with E-state index >= 15 is 0 Å². The number of benzene rings is 1. The summed E-state index contributed by atoms with van der Waals surface area (Å²) in [5, 5.41) is 0.786. The van der Waals surface area contributed by atoms with Crippen molar-refractivity contribution in [3.63, 3.8) is 0 Å². The third-order valence-electron chi connectivity index (χ3n) is 3.61. The van der Waals surface area contributed by atoms with E-state index in [9.17, 15) is 9.59 Å². The summed E-state index contributed by atoms with van der Waals surface area (Å²) in [4.78, 5) is 29.1. The van der Waals surface area contributed by atoms with Gasteiger partial charge in [-0.25, -0.2) is 0 Å². The first-order valence-electron chi connectivity index (χ1n) is 6.56. The predicted octanol–water partition coefficient (Wildman–Crippen LogP) is 2.46. The van der Waals surface area contributed by atoms with E-state index in [1.807, 2.05) is 31.2 Å². The summed E-state index contributed by atoms with van der Waals surface area (Å²) >= 11 is 1.52. The minimum absolute atomic E-state index is 0.00898. The van der Waals surface area contributed by atoms with Crippen LogP contribution in [0.3, 0.4) is 0 Å². The van der Waals surface area contributed by atoms with Gasteiger partial charge in [-0.1, -0.05) is 30.8 Å². The fourth-order valence-corrected chi connectivity index (χ4v) is 3.93. The minimum Gasteiger partial charge on any atom is -0.345 e. The van der Waals surface area contributed by atoms with Gasteiger partial charge in [-0.05, 0) is 18.1 Å². The van der Waals surface area contributed by atoms with Gasteiger partial charge >= 0.3 is 0 Å². The maximum Gasteiger partial charge on any atom is 0.252 e. The lowest BCUT2D eigenvalue weighted by molar-refractivity contribution is -0.125. The number of nitrogens with zero attached hydrogens (tertiary/aromatic N) is 2. The summed E-state index contributed by atoms with van der Waals surface area (Å²) in [5.41, 5.74) is 1.64. The summed E-state index contributed by atoms with van der Waals surface area (Å²) in [5.74, 6) is 0.0241. The normalized spacial score (nSPS) is 20.9. The number of thioether (sulfide) groups is 1. The Kier molecular flexibility index (Phi) is 3.09. The number of amides is 2. The molecular formula is C15H16N2O2S. The van der Waals surface area contributed by atoms with Gasteiger partial charge in [0.05, 0.1) is 16.3 Å². The Morgan fingerprint density at radius 2 is 2.05 bits per heavy atom. The second kappa shape index (κ2) is 4.66. The Balaban J connectivity index is 2.17. The van der Waals surface area contributed by atoms with Crippen LogP contribution in [0.2, 0.25) is 0 Å². The van der Waals surface area contributed by atoms with Gasteiger partial charge in [-0.15, -0.1) is 0 Å². The second-order valence-corrected chi connectivity index (χ2v) is 6.35. The molecule has 0 spiro atoms. The van der Waals surface area contributed by atoms with Crippen LogP contribution < -0.4 is 4.90 Å². The number of para-hydroxylation sites is 1. The molecule has 2 aliphatic rings. The van der Waals surface area contributed by atoms with E-state index < -0.39 is 0 Å². The van der Waals surface area contributed by atoms with Crippen LogP contribution in [0.15, 0.2) is 39.8 Å². The Labute approximate surface area is 122 Å². The smallest absolute Gasteiger partial charge is 0.252 e. The van der Waals surface area contributed by atoms with E-state index in [1.165, 1.54) is 11.8 Å². The summed E-state index contributed by atoms with van der Waals surface area (Å²) in [6.07, 6.45) is 0.382. The summed E-state index contributed by atoms with van der Waals surface area (Å²) in [7, 11) is 3.49. The van der Waals surface area contributed by atoms with Crippen LogP contribution in [0.5, 0.6) is 0 Å². The average Bonchev–Trinajstić information content (AvgIpc) is 2.77. The van der Waals surface area contributed by atoms with Crippen molar-refractivity contribution in [3.8, 4) is 0 Å². The third kappa shape index (κ3) is 1.85. The highest BCUT2D eigenvalue weighted by Gasteiger charge is 2.40. The number of fused-ring (bicyclic) bond motifs is 3. The zero-order valence-electron chi connectivity index (χ0n) is 11.7. The number of likely N-dealkylation sites (N-methyl/N-ethyl adjacent to an activating group) is 1. The SMILES string of the molecule is C[C@@H]1CC(=O)N2C(=C1C(=O)N(C)C)Sc1ccccc12. The van der Waals surface area contributed by atoms with Gasteiger partial charge in [0.15, 0.2) is 0 Å². The van der Waals surface area contributed by atoms with Gasteiger partial charge in [-0.2, -0.15) is 0 Å². The van der Waals surface area contributed by atoms with Gasteiger partial charge in [0.25, 0.3) is 5.91 Å². The van der Waals surface area contributed by atoms with Gasteiger partial charge < -0.3 is 4.90 Å². The lowest BCUT2D eigenvalue weighted by Crippen LogP contribution is -2.39. The molecule has 0 radical (unpaired) electrons. The molecule has 0 N–H and O–H groups in total. The van der Waals surface area contributed by atoms with Crippen LogP contribution in [0.25, 0.3) is 0 Å². The molecule has 2 amide bonds. The number of hydrogen-bond acceptors (Lipinski definition) is 3. The predicted molar refractivity (Wildman–Crippen MR) is 79.3 cm³/mol. The first-order valence-corrected chi connectivity index (χ1v) is 7.38. The van der Waals surface area contributed by atoms with E-state index in [-0.39, 0.29) is 17.7 Å². The lowest BCUT2D eigenvalue weighted by Gasteiger charge is -2.30. The second-order valence-electron chi connectivity index (χ2n) is 5.32. The molecule has 1 atom stereocenters. The number of anilines is 1. The summed E-state index contributed by atoms with van der Waals surface area (Å²) in [6.45, 7) is 1.95. The van der Waals surface area contributed by atoms with Gasteiger partial charge in [-0.3, -0.25) is 14.5 Å². The van der Waals surface area contributed by atoms with Crippen molar-refractivity contribution in [2.75, 3.05) is 19.0 Å². The van der Waals surface area contributed by atoms with Gasteiger partial charge in [0.2, 0.25) is 5.91 Å². The van der Waals surface area contributed by atoms with E-state index in [0.717, 1.165) is 21.2 Å². The summed E-state index contributed by atoms with van der Waals surface area (Å²) < 4.78 is 0. The number of hydrogen-bond donors (Lipinski definition) is 0. The fourth-order valence-electron chi connectivity index (χ4n) is 2.62. The maximum absolute atomic E-state index is 12.4. The molecule has 20 heavy (non-hydrogen) atoms. The zero-order valence-corrected chi connectivity index (χ0v) is 12.5. The molecule has 2 aliphatic heterocycles. The Morgan fingerprint density at radius 3 is 2.75 bits per heavy atom. The average molecular weight is 288 g/mol. The van der Waals surface area contributed by atoms with Crippen LogP contribution in [0.4, 0.5) is 5.69 Å².